The van der Waals surface area contributed by atoms with E-state index in [0.29, 0.717) is 43.1 Å². The van der Waals surface area contributed by atoms with Gasteiger partial charge in [0.1, 0.15) is 0 Å². The largest absolute Gasteiger partial charge is 0.478 e. The van der Waals surface area contributed by atoms with E-state index in [-0.39, 0.29) is 16.9 Å². The lowest BCUT2D eigenvalue weighted by Gasteiger charge is -2.22. The maximum Gasteiger partial charge on any atom is 0.354 e. The summed E-state index contributed by atoms with van der Waals surface area (Å²) in [5.74, 6) is -1.65. The lowest BCUT2D eigenvalue weighted by molar-refractivity contribution is 0.0675. The highest BCUT2D eigenvalue weighted by atomic mass is 16.4. The second-order valence-electron chi connectivity index (χ2n) is 10.1. The number of aromatic nitrogens is 2. The molecule has 0 amide bonds. The predicted octanol–water partition coefficient (Wildman–Crippen LogP) is 5.88. The standard InChI is InChI=1S/C30H36N2O5/c1-2-3-13-26-27(29(35)36)32(20-22-9-5-4-6-10-22)30(37)31(26)19-18-21-14-16-23(17-15-21)24-11-7-8-12-25(24)28(33)34/h7-8,11-12,14-17,22H,2-6,9-10,13,18-20H2,1H3,(H,33,34)(H,35,36). The Morgan fingerprint density at radius 1 is 0.892 bits per heavy atom. The minimum absolute atomic E-state index is 0.157. The van der Waals surface area contributed by atoms with E-state index in [2.05, 4.69) is 6.92 Å². The molecule has 0 bridgehead atoms. The average Bonchev–Trinajstić information content (AvgIpc) is 3.17. The summed E-state index contributed by atoms with van der Waals surface area (Å²) < 4.78 is 3.20. The van der Waals surface area contributed by atoms with Crippen LogP contribution in [0.3, 0.4) is 0 Å². The number of hydrogen-bond donors (Lipinski definition) is 2. The van der Waals surface area contributed by atoms with Crippen LogP contribution in [0.25, 0.3) is 11.1 Å². The topological polar surface area (TPSA) is 102 Å². The van der Waals surface area contributed by atoms with E-state index in [1.165, 1.54) is 11.0 Å². The number of carbonyl (C=O) groups is 2. The summed E-state index contributed by atoms with van der Waals surface area (Å²) in [4.78, 5) is 37.4. The number of unbranched alkanes of at least 4 members (excludes halogenated alkanes) is 1. The Labute approximate surface area is 217 Å². The summed E-state index contributed by atoms with van der Waals surface area (Å²) in [6.07, 6.45) is 8.45. The van der Waals surface area contributed by atoms with Crippen LogP contribution in [-0.2, 0) is 25.9 Å². The SMILES string of the molecule is CCCCc1c(C(=O)O)n(CC2CCCCC2)c(=O)n1CCc1ccc(-c2ccccc2C(=O)O)cc1. The van der Waals surface area contributed by atoms with Crippen LogP contribution in [0.1, 0.15) is 84.0 Å². The van der Waals surface area contributed by atoms with Crippen molar-refractivity contribution in [1.29, 1.82) is 0 Å². The smallest absolute Gasteiger partial charge is 0.354 e. The van der Waals surface area contributed by atoms with E-state index in [1.807, 2.05) is 30.3 Å². The molecule has 1 aromatic heterocycles. The van der Waals surface area contributed by atoms with Gasteiger partial charge in [-0.15, -0.1) is 0 Å². The molecule has 2 N–H and O–H groups in total. The molecule has 1 heterocycles. The highest BCUT2D eigenvalue weighted by Crippen LogP contribution is 2.27. The summed E-state index contributed by atoms with van der Waals surface area (Å²) in [5, 5.41) is 19.6. The van der Waals surface area contributed by atoms with Crippen molar-refractivity contribution in [3.05, 3.63) is 81.5 Å². The molecule has 1 fully saturated rings. The number of rotatable bonds is 11. The third-order valence-electron chi connectivity index (χ3n) is 7.51. The molecule has 37 heavy (non-hydrogen) atoms. The van der Waals surface area contributed by atoms with Gasteiger partial charge in [-0.3, -0.25) is 9.13 Å². The molecule has 0 aliphatic heterocycles. The van der Waals surface area contributed by atoms with Gasteiger partial charge in [0.05, 0.1) is 11.3 Å². The van der Waals surface area contributed by atoms with Crippen LogP contribution in [0.15, 0.2) is 53.3 Å². The molecule has 0 unspecified atom stereocenters. The van der Waals surface area contributed by atoms with Crippen LogP contribution in [0, 0.1) is 5.92 Å². The maximum absolute atomic E-state index is 13.5. The van der Waals surface area contributed by atoms with Crippen molar-refractivity contribution in [2.45, 2.75) is 77.8 Å². The first kappa shape index (κ1) is 26.5. The van der Waals surface area contributed by atoms with Gasteiger partial charge in [-0.1, -0.05) is 75.1 Å². The molecule has 1 aliphatic carbocycles. The van der Waals surface area contributed by atoms with E-state index in [9.17, 15) is 24.6 Å². The van der Waals surface area contributed by atoms with Gasteiger partial charge in [0.25, 0.3) is 0 Å². The molecule has 1 saturated carbocycles. The lowest BCUT2D eigenvalue weighted by Crippen LogP contribution is -2.29. The number of aryl methyl sites for hydroxylation is 1. The number of benzene rings is 2. The van der Waals surface area contributed by atoms with Gasteiger partial charge >= 0.3 is 17.6 Å². The number of carboxylic acids is 2. The first-order chi connectivity index (χ1) is 17.9. The number of aromatic carboxylic acids is 2. The normalized spacial score (nSPS) is 14.1. The van der Waals surface area contributed by atoms with Crippen molar-refractivity contribution in [2.75, 3.05) is 0 Å². The second-order valence-corrected chi connectivity index (χ2v) is 10.1. The fourth-order valence-electron chi connectivity index (χ4n) is 5.52. The number of hydrogen-bond acceptors (Lipinski definition) is 3. The fraction of sp³-hybridized carbons (Fsp3) is 0.433. The zero-order valence-electron chi connectivity index (χ0n) is 21.5. The molecule has 1 aliphatic rings. The number of carboxylic acid groups (broad SMARTS) is 2. The fourth-order valence-corrected chi connectivity index (χ4v) is 5.52. The summed E-state index contributed by atoms with van der Waals surface area (Å²) in [5.41, 5.74) is 3.29. The summed E-state index contributed by atoms with van der Waals surface area (Å²) in [6.45, 7) is 2.94. The van der Waals surface area contributed by atoms with E-state index < -0.39 is 11.9 Å². The van der Waals surface area contributed by atoms with Gasteiger partial charge < -0.3 is 10.2 Å². The molecule has 7 heteroatoms. The van der Waals surface area contributed by atoms with Gasteiger partial charge in [0.2, 0.25) is 0 Å². The molecule has 0 atom stereocenters. The van der Waals surface area contributed by atoms with Crippen LogP contribution in [-0.4, -0.2) is 31.3 Å². The van der Waals surface area contributed by atoms with Crippen molar-refractivity contribution in [3.63, 3.8) is 0 Å². The van der Waals surface area contributed by atoms with Crippen LogP contribution in [0.2, 0.25) is 0 Å². The van der Waals surface area contributed by atoms with E-state index in [4.69, 9.17) is 0 Å². The summed E-state index contributed by atoms with van der Waals surface area (Å²) in [6, 6.07) is 14.6. The maximum atomic E-state index is 13.5. The number of imidazole rings is 1. The van der Waals surface area contributed by atoms with Crippen LogP contribution in [0.5, 0.6) is 0 Å². The Morgan fingerprint density at radius 3 is 2.24 bits per heavy atom. The first-order valence-corrected chi connectivity index (χ1v) is 13.4. The summed E-state index contributed by atoms with van der Waals surface area (Å²) in [7, 11) is 0. The van der Waals surface area contributed by atoms with Gasteiger partial charge in [-0.05, 0) is 60.8 Å². The molecule has 0 radical (unpaired) electrons. The van der Waals surface area contributed by atoms with Crippen LogP contribution >= 0.6 is 0 Å². The molecule has 196 valence electrons. The molecular formula is C30H36N2O5. The summed E-state index contributed by atoms with van der Waals surface area (Å²) >= 11 is 0. The Morgan fingerprint density at radius 2 is 1.59 bits per heavy atom. The molecule has 2 aromatic carbocycles. The van der Waals surface area contributed by atoms with E-state index in [0.717, 1.165) is 49.7 Å². The van der Waals surface area contributed by atoms with Crippen LogP contribution in [0.4, 0.5) is 0 Å². The number of nitrogens with zero attached hydrogens (tertiary/aromatic N) is 2. The molecule has 3 aromatic rings. The van der Waals surface area contributed by atoms with Crippen molar-refractivity contribution in [3.8, 4) is 11.1 Å². The monoisotopic (exact) mass is 504 g/mol. The third kappa shape index (κ3) is 6.04. The Bertz CT molecular complexity index is 1300. The van der Waals surface area contributed by atoms with Crippen molar-refractivity contribution < 1.29 is 19.8 Å². The Balaban J connectivity index is 1.59. The minimum Gasteiger partial charge on any atom is -0.478 e. The second kappa shape index (κ2) is 12.1. The van der Waals surface area contributed by atoms with Crippen molar-refractivity contribution >= 4 is 11.9 Å². The van der Waals surface area contributed by atoms with Crippen LogP contribution < -0.4 is 5.69 Å². The highest BCUT2D eigenvalue weighted by Gasteiger charge is 2.26. The Hall–Kier alpha value is -3.61. The molecule has 0 saturated heterocycles. The third-order valence-corrected chi connectivity index (χ3v) is 7.51. The first-order valence-electron chi connectivity index (χ1n) is 13.4. The van der Waals surface area contributed by atoms with Gasteiger partial charge in [-0.2, -0.15) is 0 Å². The lowest BCUT2D eigenvalue weighted by atomic mass is 9.89. The minimum atomic E-state index is -1.03. The zero-order chi connectivity index (χ0) is 26.4. The van der Waals surface area contributed by atoms with E-state index >= 15 is 0 Å². The molecule has 4 rings (SSSR count). The van der Waals surface area contributed by atoms with Crippen molar-refractivity contribution in [1.82, 2.24) is 9.13 Å². The Kier molecular flexibility index (Phi) is 8.64. The predicted molar refractivity (Wildman–Crippen MR) is 143 cm³/mol. The van der Waals surface area contributed by atoms with Gasteiger partial charge in [-0.25, -0.2) is 14.4 Å². The quantitative estimate of drug-likeness (QED) is 0.340. The highest BCUT2D eigenvalue weighted by molar-refractivity contribution is 5.96. The van der Waals surface area contributed by atoms with Crippen molar-refractivity contribution in [2.24, 2.45) is 5.92 Å². The molecule has 7 nitrogen and oxygen atoms in total. The van der Waals surface area contributed by atoms with Gasteiger partial charge in [0, 0.05) is 13.1 Å². The zero-order valence-corrected chi connectivity index (χ0v) is 21.5. The average molecular weight is 505 g/mol. The molecular weight excluding hydrogens is 468 g/mol. The van der Waals surface area contributed by atoms with E-state index in [1.54, 1.807) is 22.8 Å². The van der Waals surface area contributed by atoms with Gasteiger partial charge in [0.15, 0.2) is 5.69 Å². The molecule has 0 spiro atoms.